The Kier molecular flexibility index (Phi) is 3.89. The predicted molar refractivity (Wildman–Crippen MR) is 83.8 cm³/mol. The van der Waals surface area contributed by atoms with Crippen LogP contribution in [0.2, 0.25) is 0 Å². The van der Waals surface area contributed by atoms with Crippen molar-refractivity contribution < 1.29 is 9.53 Å². The predicted octanol–water partition coefficient (Wildman–Crippen LogP) is 2.73. The number of aryl methyl sites for hydroxylation is 1. The summed E-state index contributed by atoms with van der Waals surface area (Å²) >= 11 is 0. The third-order valence-corrected chi connectivity index (χ3v) is 4.34. The van der Waals surface area contributed by atoms with Crippen LogP contribution in [0.3, 0.4) is 0 Å². The number of benzene rings is 1. The van der Waals surface area contributed by atoms with E-state index in [1.54, 1.807) is 0 Å². The molecule has 1 atom stereocenters. The van der Waals surface area contributed by atoms with Crippen LogP contribution >= 0.6 is 0 Å². The second-order valence-corrected chi connectivity index (χ2v) is 6.67. The molecule has 1 fully saturated rings. The average Bonchev–Trinajstić information content (AvgIpc) is 2.45. The van der Waals surface area contributed by atoms with E-state index in [2.05, 4.69) is 24.5 Å². The molecule has 114 valence electrons. The van der Waals surface area contributed by atoms with Crippen LogP contribution in [0.15, 0.2) is 18.2 Å². The molecule has 2 heterocycles. The number of ether oxygens (including phenoxy) is 1. The van der Waals surface area contributed by atoms with Crippen LogP contribution in [0, 0.1) is 0 Å². The summed E-state index contributed by atoms with van der Waals surface area (Å²) in [5, 5.41) is 6.53. The molecule has 4 nitrogen and oxygen atoms in total. The van der Waals surface area contributed by atoms with Gasteiger partial charge in [-0.2, -0.15) is 0 Å². The number of carbonyl (C=O) groups excluding carboxylic acids is 1. The van der Waals surface area contributed by atoms with Gasteiger partial charge in [0.15, 0.2) is 0 Å². The number of carbonyl (C=O) groups is 1. The Hall–Kier alpha value is -1.55. The highest BCUT2D eigenvalue weighted by atomic mass is 16.5. The maximum Gasteiger partial charge on any atom is 0.251 e. The van der Waals surface area contributed by atoms with Gasteiger partial charge in [0, 0.05) is 30.4 Å². The van der Waals surface area contributed by atoms with E-state index in [9.17, 15) is 4.79 Å². The number of nitrogens with one attached hydrogen (secondary N) is 2. The van der Waals surface area contributed by atoms with Crippen LogP contribution in [-0.4, -0.2) is 30.7 Å². The van der Waals surface area contributed by atoms with Crippen molar-refractivity contribution in [1.29, 1.82) is 0 Å². The first kappa shape index (κ1) is 14.4. The Morgan fingerprint density at radius 3 is 3.10 bits per heavy atom. The number of anilines is 1. The fourth-order valence-corrected chi connectivity index (χ4v) is 3.24. The van der Waals surface area contributed by atoms with Gasteiger partial charge < -0.3 is 15.4 Å². The number of fused-ring (bicyclic) bond motifs is 1. The largest absolute Gasteiger partial charge is 0.385 e. The molecule has 1 unspecified atom stereocenters. The third kappa shape index (κ3) is 3.38. The van der Waals surface area contributed by atoms with Crippen LogP contribution < -0.4 is 10.6 Å². The molecule has 0 spiro atoms. The summed E-state index contributed by atoms with van der Waals surface area (Å²) in [6.07, 6.45) is 3.94. The molecule has 4 heteroatoms. The molecule has 3 rings (SSSR count). The van der Waals surface area contributed by atoms with Crippen molar-refractivity contribution in [2.45, 2.75) is 51.2 Å². The van der Waals surface area contributed by atoms with Crippen LogP contribution in [0.5, 0.6) is 0 Å². The van der Waals surface area contributed by atoms with Crippen LogP contribution in [0.1, 0.15) is 49.0 Å². The summed E-state index contributed by atoms with van der Waals surface area (Å²) in [6.45, 7) is 5.90. The minimum absolute atomic E-state index is 0.0334. The molecule has 2 aliphatic heterocycles. The van der Waals surface area contributed by atoms with E-state index < -0.39 is 0 Å². The van der Waals surface area contributed by atoms with Gasteiger partial charge >= 0.3 is 0 Å². The zero-order chi connectivity index (χ0) is 14.9. The molecule has 1 aromatic rings. The Labute approximate surface area is 126 Å². The minimum Gasteiger partial charge on any atom is -0.385 e. The van der Waals surface area contributed by atoms with Gasteiger partial charge in [0.25, 0.3) is 5.91 Å². The zero-order valence-corrected chi connectivity index (χ0v) is 12.9. The molecular formula is C17H24N2O2. The normalized spacial score (nSPS) is 23.8. The maximum atomic E-state index is 12.4. The smallest absolute Gasteiger partial charge is 0.251 e. The standard InChI is InChI=1S/C17H24N2O2/c1-17(2)11-14(7-9-21-17)19-16(20)13-5-6-15-12(10-13)4-3-8-18-15/h5-6,10,14,18H,3-4,7-9,11H2,1-2H3,(H,19,20). The van der Waals surface area contributed by atoms with E-state index in [1.807, 2.05) is 18.2 Å². The van der Waals surface area contributed by atoms with Crippen molar-refractivity contribution in [1.82, 2.24) is 5.32 Å². The van der Waals surface area contributed by atoms with Gasteiger partial charge in [-0.05, 0) is 63.3 Å². The number of hydrogen-bond donors (Lipinski definition) is 2. The highest BCUT2D eigenvalue weighted by molar-refractivity contribution is 5.95. The Bertz CT molecular complexity index is 540. The highest BCUT2D eigenvalue weighted by Crippen LogP contribution is 2.25. The van der Waals surface area contributed by atoms with Gasteiger partial charge in [0.05, 0.1) is 5.60 Å². The van der Waals surface area contributed by atoms with Crippen LogP contribution in [0.4, 0.5) is 5.69 Å². The molecular weight excluding hydrogens is 264 g/mol. The lowest BCUT2D eigenvalue weighted by Gasteiger charge is -2.35. The molecule has 21 heavy (non-hydrogen) atoms. The zero-order valence-electron chi connectivity index (χ0n) is 12.9. The summed E-state index contributed by atoms with van der Waals surface area (Å²) in [5.74, 6) is 0.0334. The fourth-order valence-electron chi connectivity index (χ4n) is 3.24. The number of rotatable bonds is 2. The molecule has 1 amide bonds. The van der Waals surface area contributed by atoms with Gasteiger partial charge in [0.1, 0.15) is 0 Å². The second-order valence-electron chi connectivity index (χ2n) is 6.67. The summed E-state index contributed by atoms with van der Waals surface area (Å²) in [7, 11) is 0. The Morgan fingerprint density at radius 1 is 1.43 bits per heavy atom. The van der Waals surface area contributed by atoms with Gasteiger partial charge in [-0.3, -0.25) is 4.79 Å². The van der Waals surface area contributed by atoms with Crippen molar-refractivity contribution >= 4 is 11.6 Å². The van der Waals surface area contributed by atoms with Crippen molar-refractivity contribution in [3.63, 3.8) is 0 Å². The van der Waals surface area contributed by atoms with Crippen LogP contribution in [-0.2, 0) is 11.2 Å². The topological polar surface area (TPSA) is 50.4 Å². The molecule has 0 radical (unpaired) electrons. The van der Waals surface area contributed by atoms with Gasteiger partial charge in [-0.1, -0.05) is 0 Å². The SMILES string of the molecule is CC1(C)CC(NC(=O)c2ccc3c(c2)CCCN3)CCO1. The molecule has 0 saturated carbocycles. The first-order chi connectivity index (χ1) is 10.0. The van der Waals surface area contributed by atoms with E-state index in [1.165, 1.54) is 11.3 Å². The lowest BCUT2D eigenvalue weighted by Crippen LogP contribution is -2.45. The summed E-state index contributed by atoms with van der Waals surface area (Å²) in [5.41, 5.74) is 3.05. The average molecular weight is 288 g/mol. The van der Waals surface area contributed by atoms with Gasteiger partial charge in [-0.15, -0.1) is 0 Å². The van der Waals surface area contributed by atoms with Gasteiger partial charge in [0.2, 0.25) is 0 Å². The minimum atomic E-state index is -0.143. The second kappa shape index (κ2) is 5.68. The van der Waals surface area contributed by atoms with Crippen molar-refractivity contribution in [2.75, 3.05) is 18.5 Å². The summed E-state index contributed by atoms with van der Waals surface area (Å²) in [6, 6.07) is 6.17. The Balaban J connectivity index is 1.68. The summed E-state index contributed by atoms with van der Waals surface area (Å²) < 4.78 is 5.70. The molecule has 0 aromatic heterocycles. The number of amides is 1. The van der Waals surface area contributed by atoms with E-state index in [0.29, 0.717) is 6.61 Å². The first-order valence-corrected chi connectivity index (χ1v) is 7.85. The fraction of sp³-hybridized carbons (Fsp3) is 0.588. The molecule has 2 N–H and O–H groups in total. The molecule has 2 aliphatic rings. The lowest BCUT2D eigenvalue weighted by molar-refractivity contribution is -0.0615. The monoisotopic (exact) mass is 288 g/mol. The summed E-state index contributed by atoms with van der Waals surface area (Å²) in [4.78, 5) is 12.4. The van der Waals surface area contributed by atoms with Crippen LogP contribution in [0.25, 0.3) is 0 Å². The van der Waals surface area contributed by atoms with Crippen molar-refractivity contribution in [3.8, 4) is 0 Å². The van der Waals surface area contributed by atoms with E-state index in [0.717, 1.165) is 37.8 Å². The van der Waals surface area contributed by atoms with E-state index >= 15 is 0 Å². The third-order valence-electron chi connectivity index (χ3n) is 4.34. The highest BCUT2D eigenvalue weighted by Gasteiger charge is 2.29. The van der Waals surface area contributed by atoms with Crippen molar-refractivity contribution in [3.05, 3.63) is 29.3 Å². The van der Waals surface area contributed by atoms with Gasteiger partial charge in [-0.25, -0.2) is 0 Å². The molecule has 0 bridgehead atoms. The van der Waals surface area contributed by atoms with Crippen molar-refractivity contribution in [2.24, 2.45) is 0 Å². The first-order valence-electron chi connectivity index (χ1n) is 7.85. The quantitative estimate of drug-likeness (QED) is 0.880. The molecule has 1 saturated heterocycles. The van der Waals surface area contributed by atoms with E-state index in [-0.39, 0.29) is 17.6 Å². The van der Waals surface area contributed by atoms with E-state index in [4.69, 9.17) is 4.74 Å². The number of hydrogen-bond acceptors (Lipinski definition) is 3. The molecule has 1 aromatic carbocycles. The molecule has 0 aliphatic carbocycles. The lowest BCUT2D eigenvalue weighted by atomic mass is 9.93. The maximum absolute atomic E-state index is 12.4. The Morgan fingerprint density at radius 2 is 2.29 bits per heavy atom.